The number of aryl methyl sites for hydroxylation is 2. The number of carbonyl (C=O) groups excluding carboxylic acids is 2. The molecule has 3 rings (SSSR count). The van der Waals surface area contributed by atoms with Crippen LogP contribution in [0.4, 0.5) is 11.5 Å². The fraction of sp³-hybridized carbons (Fsp3) is 0.400. The van der Waals surface area contributed by atoms with Crippen molar-refractivity contribution >= 4 is 23.3 Å². The third-order valence-corrected chi connectivity index (χ3v) is 4.92. The maximum absolute atomic E-state index is 12.9. The number of nitrogens with two attached hydrogens (primary N) is 1. The van der Waals surface area contributed by atoms with Crippen LogP contribution in [0.5, 0.6) is 0 Å². The summed E-state index contributed by atoms with van der Waals surface area (Å²) < 4.78 is 0. The van der Waals surface area contributed by atoms with E-state index in [0.29, 0.717) is 24.0 Å². The van der Waals surface area contributed by atoms with Crippen LogP contribution in [0.1, 0.15) is 44.1 Å². The number of nitrogens with one attached hydrogen (secondary N) is 1. The molecule has 0 unspecified atom stereocenters. The molecule has 27 heavy (non-hydrogen) atoms. The molecular formula is C20H27N5O2. The van der Waals surface area contributed by atoms with E-state index in [2.05, 4.69) is 22.2 Å². The van der Waals surface area contributed by atoms with E-state index >= 15 is 0 Å². The second-order valence-electron chi connectivity index (χ2n) is 7.30. The van der Waals surface area contributed by atoms with E-state index in [0.717, 1.165) is 29.7 Å². The molecule has 0 bridgehead atoms. The van der Waals surface area contributed by atoms with E-state index in [1.165, 1.54) is 6.20 Å². The maximum Gasteiger partial charge on any atom is 0.313 e. The third kappa shape index (κ3) is 4.24. The molecular weight excluding hydrogens is 342 g/mol. The monoisotopic (exact) mass is 369 g/mol. The zero-order valence-electron chi connectivity index (χ0n) is 15.9. The molecule has 0 radical (unpaired) electrons. The summed E-state index contributed by atoms with van der Waals surface area (Å²) in [5.74, 6) is -0.492. The largest absolute Gasteiger partial charge is 0.383 e. The Bertz CT molecular complexity index is 856. The molecule has 1 aliphatic rings. The summed E-state index contributed by atoms with van der Waals surface area (Å²) in [6.07, 6.45) is 5.02. The van der Waals surface area contributed by atoms with E-state index in [-0.39, 0.29) is 7.47 Å². The van der Waals surface area contributed by atoms with Gasteiger partial charge in [-0.1, -0.05) is 13.0 Å². The van der Waals surface area contributed by atoms with Gasteiger partial charge in [-0.05, 0) is 55.9 Å². The lowest BCUT2D eigenvalue weighted by molar-refractivity contribution is -0.146. The third-order valence-electron chi connectivity index (χ3n) is 4.92. The first kappa shape index (κ1) is 18.8. The van der Waals surface area contributed by atoms with Crippen molar-refractivity contribution in [3.05, 3.63) is 47.4 Å². The molecule has 0 aromatic carbocycles. The number of amides is 2. The number of rotatable bonds is 2. The Morgan fingerprint density at radius 1 is 1.22 bits per heavy atom. The van der Waals surface area contributed by atoms with Crippen LogP contribution in [-0.2, 0) is 9.59 Å². The molecule has 0 spiro atoms. The minimum atomic E-state index is -0.674. The van der Waals surface area contributed by atoms with Crippen LogP contribution in [0.2, 0.25) is 0 Å². The van der Waals surface area contributed by atoms with Crippen molar-refractivity contribution in [2.75, 3.05) is 17.6 Å². The Hall–Kier alpha value is -2.96. The van der Waals surface area contributed by atoms with Gasteiger partial charge in [0.25, 0.3) is 0 Å². The number of carbonyl (C=O) groups is 2. The van der Waals surface area contributed by atoms with Crippen molar-refractivity contribution in [3.63, 3.8) is 0 Å². The smallest absolute Gasteiger partial charge is 0.313 e. The van der Waals surface area contributed by atoms with Gasteiger partial charge in [0.1, 0.15) is 5.82 Å². The zero-order chi connectivity index (χ0) is 19.6. The highest BCUT2D eigenvalue weighted by molar-refractivity contribution is 6.39. The number of pyridine rings is 2. The summed E-state index contributed by atoms with van der Waals surface area (Å²) in [5.41, 5.74) is 8.77. The van der Waals surface area contributed by atoms with Gasteiger partial charge in [0.2, 0.25) is 0 Å². The van der Waals surface area contributed by atoms with Crippen molar-refractivity contribution in [1.82, 2.24) is 14.9 Å². The predicted molar refractivity (Wildman–Crippen MR) is 106 cm³/mol. The predicted octanol–water partition coefficient (Wildman–Crippen LogP) is 2.86. The van der Waals surface area contributed by atoms with Crippen molar-refractivity contribution in [2.24, 2.45) is 5.92 Å². The Balaban J connectivity index is 0.00000280. The Morgan fingerprint density at radius 2 is 2.00 bits per heavy atom. The fourth-order valence-corrected chi connectivity index (χ4v) is 3.33. The van der Waals surface area contributed by atoms with Crippen LogP contribution < -0.4 is 11.1 Å². The van der Waals surface area contributed by atoms with Gasteiger partial charge in [0, 0.05) is 14.2 Å². The number of nitrogens with zero attached hydrogens (tertiary/aromatic N) is 3. The van der Waals surface area contributed by atoms with Gasteiger partial charge >= 0.3 is 11.8 Å². The number of piperidine rings is 1. The number of likely N-dealkylation sites (tertiary alicyclic amines) is 1. The van der Waals surface area contributed by atoms with Crippen LogP contribution in [0.25, 0.3) is 0 Å². The average molecular weight is 369 g/mol. The normalized spacial score (nSPS) is 19.6. The first-order chi connectivity index (χ1) is 12.8. The van der Waals surface area contributed by atoms with Crippen molar-refractivity contribution in [3.8, 4) is 0 Å². The standard InChI is InChI=1S/C20H25N5O2.H2/c1-12-4-6-16(22-9-12)17-7-5-13(2)11-25(17)20(27)19(26)24-15-8-14(3)18(21)23-10-15;/h4,6,8-10,13,17H,5,7,11H2,1-3H3,(H2,21,23)(H,24,26);1H/t13-,17-;/m1./s1. The number of nitrogen functional groups attached to an aromatic ring is 1. The summed E-state index contributed by atoms with van der Waals surface area (Å²) in [4.78, 5) is 35.6. The van der Waals surface area contributed by atoms with E-state index < -0.39 is 11.8 Å². The number of hydrogen-bond acceptors (Lipinski definition) is 5. The molecule has 2 amide bonds. The second kappa shape index (κ2) is 7.73. The fourth-order valence-electron chi connectivity index (χ4n) is 3.33. The molecule has 144 valence electrons. The van der Waals surface area contributed by atoms with Crippen molar-refractivity contribution < 1.29 is 11.0 Å². The summed E-state index contributed by atoms with van der Waals surface area (Å²) in [5, 5.41) is 2.63. The number of hydrogen-bond donors (Lipinski definition) is 2. The molecule has 1 fully saturated rings. The molecule has 3 heterocycles. The minimum absolute atomic E-state index is 0. The summed E-state index contributed by atoms with van der Waals surface area (Å²) in [7, 11) is 0. The highest BCUT2D eigenvalue weighted by Gasteiger charge is 2.34. The van der Waals surface area contributed by atoms with Crippen molar-refractivity contribution in [2.45, 2.75) is 39.7 Å². The van der Waals surface area contributed by atoms with E-state index in [1.54, 1.807) is 24.1 Å². The van der Waals surface area contributed by atoms with Crippen LogP contribution in [0.15, 0.2) is 30.6 Å². The molecule has 7 heteroatoms. The first-order valence-electron chi connectivity index (χ1n) is 9.11. The summed E-state index contributed by atoms with van der Waals surface area (Å²) in [6.45, 7) is 6.39. The van der Waals surface area contributed by atoms with Crippen molar-refractivity contribution in [1.29, 1.82) is 0 Å². The zero-order valence-corrected chi connectivity index (χ0v) is 15.9. The van der Waals surface area contributed by atoms with Gasteiger partial charge < -0.3 is 16.0 Å². The summed E-state index contributed by atoms with van der Waals surface area (Å²) >= 11 is 0. The molecule has 7 nitrogen and oxygen atoms in total. The number of aromatic nitrogens is 2. The van der Waals surface area contributed by atoms with Gasteiger partial charge in [0.05, 0.1) is 23.6 Å². The SMILES string of the molecule is Cc1ccc([C@H]2CC[C@@H](C)CN2C(=O)C(=O)Nc2cnc(N)c(C)c2)nc1.[HH]. The Labute approximate surface area is 160 Å². The first-order valence-corrected chi connectivity index (χ1v) is 9.11. The maximum atomic E-state index is 12.9. The quantitative estimate of drug-likeness (QED) is 0.793. The molecule has 2 atom stereocenters. The van der Waals surface area contributed by atoms with Gasteiger partial charge in [-0.2, -0.15) is 0 Å². The van der Waals surface area contributed by atoms with E-state index in [9.17, 15) is 9.59 Å². The molecule has 0 saturated carbocycles. The second-order valence-corrected chi connectivity index (χ2v) is 7.30. The number of anilines is 2. The lowest BCUT2D eigenvalue weighted by atomic mass is 9.92. The van der Waals surface area contributed by atoms with Crippen LogP contribution in [0, 0.1) is 19.8 Å². The average Bonchev–Trinajstić information content (AvgIpc) is 2.65. The minimum Gasteiger partial charge on any atom is -0.383 e. The lowest BCUT2D eigenvalue weighted by Gasteiger charge is -2.38. The van der Waals surface area contributed by atoms with Gasteiger partial charge in [-0.15, -0.1) is 0 Å². The van der Waals surface area contributed by atoms with Gasteiger partial charge in [-0.3, -0.25) is 14.6 Å². The molecule has 2 aromatic heterocycles. The Morgan fingerprint density at radius 3 is 2.67 bits per heavy atom. The molecule has 2 aromatic rings. The van der Waals surface area contributed by atoms with Crippen LogP contribution in [0.3, 0.4) is 0 Å². The highest BCUT2D eigenvalue weighted by Crippen LogP contribution is 2.32. The van der Waals surface area contributed by atoms with Gasteiger partial charge in [-0.25, -0.2) is 4.98 Å². The molecule has 1 aliphatic heterocycles. The van der Waals surface area contributed by atoms with E-state index in [1.807, 2.05) is 19.1 Å². The molecule has 3 N–H and O–H groups in total. The molecule has 1 saturated heterocycles. The summed E-state index contributed by atoms with van der Waals surface area (Å²) in [6, 6.07) is 5.42. The highest BCUT2D eigenvalue weighted by atomic mass is 16.2. The Kier molecular flexibility index (Phi) is 5.39. The van der Waals surface area contributed by atoms with Gasteiger partial charge in [0.15, 0.2) is 0 Å². The van der Waals surface area contributed by atoms with Crippen LogP contribution >= 0.6 is 0 Å². The molecule has 0 aliphatic carbocycles. The van der Waals surface area contributed by atoms with Crippen LogP contribution in [-0.4, -0.2) is 33.2 Å². The van der Waals surface area contributed by atoms with E-state index in [4.69, 9.17) is 5.73 Å². The topological polar surface area (TPSA) is 101 Å². The lowest BCUT2D eigenvalue weighted by Crippen LogP contribution is -2.46.